The topological polar surface area (TPSA) is 138 Å². The van der Waals surface area contributed by atoms with Crippen molar-refractivity contribution in [3.8, 4) is 29.0 Å². The maximum absolute atomic E-state index is 12.9. The number of hydrogen-bond donors (Lipinski definition) is 2. The van der Waals surface area contributed by atoms with Crippen LogP contribution >= 0.6 is 11.6 Å². The van der Waals surface area contributed by atoms with Gasteiger partial charge in [0.2, 0.25) is 0 Å². The minimum atomic E-state index is -0.250. The Kier molecular flexibility index (Phi) is 6.27. The van der Waals surface area contributed by atoms with Crippen LogP contribution in [0.2, 0.25) is 5.02 Å². The Morgan fingerprint density at radius 2 is 2.05 bits per heavy atom. The fourth-order valence-electron chi connectivity index (χ4n) is 5.11. The monoisotopic (exact) mass is 523 g/mol. The zero-order chi connectivity index (χ0) is 26.1. The number of H-pyrrole nitrogens is 1. The molecular formula is C27H22ClN9O. The van der Waals surface area contributed by atoms with Crippen molar-refractivity contribution in [1.29, 1.82) is 5.26 Å². The molecule has 1 saturated carbocycles. The largest absolute Gasteiger partial charge is 0.348 e. The average molecular weight is 524 g/mol. The summed E-state index contributed by atoms with van der Waals surface area (Å²) >= 11 is 6.06. The van der Waals surface area contributed by atoms with Crippen molar-refractivity contribution in [3.05, 3.63) is 77.5 Å². The van der Waals surface area contributed by atoms with E-state index in [9.17, 15) is 10.1 Å². The lowest BCUT2D eigenvalue weighted by Crippen LogP contribution is -2.39. The second-order valence-corrected chi connectivity index (χ2v) is 9.64. The summed E-state index contributed by atoms with van der Waals surface area (Å²) in [4.78, 5) is 30.8. The molecule has 1 fully saturated rings. The zero-order valence-electron chi connectivity index (χ0n) is 20.2. The number of rotatable bonds is 5. The van der Waals surface area contributed by atoms with Crippen LogP contribution in [0.3, 0.4) is 0 Å². The first-order valence-corrected chi connectivity index (χ1v) is 12.6. The Hall–Kier alpha value is -4.62. The number of hydrogen-bond acceptors (Lipinski definition) is 7. The number of nitrogens with one attached hydrogen (secondary N) is 2. The minimum Gasteiger partial charge on any atom is -0.348 e. The highest BCUT2D eigenvalue weighted by molar-refractivity contribution is 6.30. The third kappa shape index (κ3) is 4.48. The first kappa shape index (κ1) is 23.8. The highest BCUT2D eigenvalue weighted by Gasteiger charge is 2.29. The number of aromatic amines is 1. The van der Waals surface area contributed by atoms with E-state index < -0.39 is 0 Å². The third-order valence-corrected chi connectivity index (χ3v) is 7.06. The van der Waals surface area contributed by atoms with E-state index in [2.05, 4.69) is 41.1 Å². The Morgan fingerprint density at radius 1 is 1.16 bits per heavy atom. The average Bonchev–Trinajstić information content (AvgIpc) is 3.61. The fourth-order valence-corrected chi connectivity index (χ4v) is 5.27. The highest BCUT2D eigenvalue weighted by atomic mass is 35.5. The maximum Gasteiger partial charge on any atom is 0.270 e. The van der Waals surface area contributed by atoms with Gasteiger partial charge < -0.3 is 9.88 Å². The van der Waals surface area contributed by atoms with Gasteiger partial charge >= 0.3 is 0 Å². The van der Waals surface area contributed by atoms with Gasteiger partial charge in [0.15, 0.2) is 5.82 Å². The molecule has 0 spiro atoms. The molecule has 188 valence electrons. The number of carbonyl (C=O) groups is 1. The van der Waals surface area contributed by atoms with Crippen molar-refractivity contribution >= 4 is 28.5 Å². The molecule has 1 aliphatic rings. The molecule has 2 atom stereocenters. The smallest absolute Gasteiger partial charge is 0.270 e. The Bertz CT molecular complexity index is 1670. The van der Waals surface area contributed by atoms with Gasteiger partial charge in [-0.05, 0) is 56.0 Å². The van der Waals surface area contributed by atoms with Gasteiger partial charge in [0.25, 0.3) is 5.91 Å². The normalized spacial score (nSPS) is 17.3. The summed E-state index contributed by atoms with van der Waals surface area (Å²) in [5.74, 6) is 1.00. The van der Waals surface area contributed by atoms with Crippen LogP contribution in [0.1, 0.15) is 47.8 Å². The van der Waals surface area contributed by atoms with Crippen molar-refractivity contribution in [2.75, 3.05) is 0 Å². The molecule has 2 N–H and O–H groups in total. The van der Waals surface area contributed by atoms with Crippen molar-refractivity contribution in [2.24, 2.45) is 0 Å². The van der Waals surface area contributed by atoms with E-state index >= 15 is 0 Å². The van der Waals surface area contributed by atoms with Crippen LogP contribution in [-0.2, 0) is 0 Å². The molecule has 1 aliphatic carbocycles. The molecule has 0 aliphatic heterocycles. The van der Waals surface area contributed by atoms with Crippen LogP contribution in [-0.4, -0.2) is 46.6 Å². The van der Waals surface area contributed by atoms with Crippen molar-refractivity contribution in [3.63, 3.8) is 0 Å². The van der Waals surface area contributed by atoms with Gasteiger partial charge in [-0.2, -0.15) is 10.4 Å². The molecule has 1 amide bonds. The van der Waals surface area contributed by atoms with Crippen LogP contribution < -0.4 is 5.32 Å². The first-order valence-electron chi connectivity index (χ1n) is 12.3. The predicted octanol–water partition coefficient (Wildman–Crippen LogP) is 4.72. The molecule has 38 heavy (non-hydrogen) atoms. The number of carbonyl (C=O) groups excluding carboxylic acids is 1. The van der Waals surface area contributed by atoms with Crippen LogP contribution in [0.4, 0.5) is 0 Å². The van der Waals surface area contributed by atoms with E-state index in [1.807, 2.05) is 24.3 Å². The van der Waals surface area contributed by atoms with Gasteiger partial charge in [0.1, 0.15) is 29.1 Å². The fraction of sp³-hybridized carbons (Fsp3) is 0.222. The zero-order valence-corrected chi connectivity index (χ0v) is 20.9. The number of amides is 1. The number of imidazole rings is 1. The predicted molar refractivity (Wildman–Crippen MR) is 141 cm³/mol. The summed E-state index contributed by atoms with van der Waals surface area (Å²) in [6, 6.07) is 14.9. The maximum atomic E-state index is 12.9. The molecule has 5 aromatic rings. The molecule has 4 aromatic heterocycles. The summed E-state index contributed by atoms with van der Waals surface area (Å²) in [6.07, 6.45) is 8.04. The summed E-state index contributed by atoms with van der Waals surface area (Å²) in [7, 11) is 0. The minimum absolute atomic E-state index is 0.0260. The third-order valence-electron chi connectivity index (χ3n) is 6.82. The lowest BCUT2D eigenvalue weighted by Gasteiger charge is -2.32. The number of nitriles is 1. The molecule has 6 rings (SSSR count). The van der Waals surface area contributed by atoms with Crippen molar-refractivity contribution in [2.45, 2.75) is 37.8 Å². The number of benzene rings is 1. The van der Waals surface area contributed by atoms with Crippen LogP contribution in [0, 0.1) is 11.3 Å². The molecule has 1 aromatic carbocycles. The van der Waals surface area contributed by atoms with Crippen molar-refractivity contribution in [1.82, 2.24) is 40.0 Å². The molecule has 0 unspecified atom stereocenters. The number of nitrogens with zero attached hydrogens (tertiary/aromatic N) is 7. The highest BCUT2D eigenvalue weighted by Crippen LogP contribution is 2.37. The van der Waals surface area contributed by atoms with Crippen LogP contribution in [0.5, 0.6) is 0 Å². The number of aromatic nitrogens is 7. The number of halogens is 1. The SMILES string of the molecule is N#Cc1ccccc1-c1nc2cnc(-c3ncn[nH]3)cc2n1[C@@H]1CCC[C@H](NC(=O)c2cc(Cl)ccn2)C1. The standard InChI is InChI=1S/C27H22ClN9O/c28-17-8-9-30-22(10-17)27(38)34-18-5-3-6-19(11-18)37-24-12-21(25-32-15-33-36-25)31-14-23(24)35-26(37)20-7-2-1-4-16(20)13-29/h1-2,4,7-10,12,14-15,18-19H,3,5-6,11H2,(H,34,38)(H,32,33,36)/t18-,19+/m0/s1. The van der Waals surface area contributed by atoms with Gasteiger partial charge in [0.05, 0.1) is 23.3 Å². The number of pyridine rings is 2. The second-order valence-electron chi connectivity index (χ2n) is 9.21. The molecule has 0 saturated heterocycles. The molecule has 4 heterocycles. The van der Waals surface area contributed by atoms with Gasteiger partial charge in [-0.15, -0.1) is 0 Å². The van der Waals surface area contributed by atoms with E-state index in [1.165, 1.54) is 12.5 Å². The molecule has 10 nitrogen and oxygen atoms in total. The lowest BCUT2D eigenvalue weighted by atomic mass is 9.90. The Labute approximate surface area is 222 Å². The van der Waals surface area contributed by atoms with Crippen molar-refractivity contribution < 1.29 is 4.79 Å². The van der Waals surface area contributed by atoms with Gasteiger partial charge in [-0.3, -0.25) is 19.9 Å². The molecule has 11 heteroatoms. The summed E-state index contributed by atoms with van der Waals surface area (Å²) < 4.78 is 2.18. The van der Waals surface area contributed by atoms with E-state index in [-0.39, 0.29) is 18.0 Å². The quantitative estimate of drug-likeness (QED) is 0.340. The van der Waals surface area contributed by atoms with E-state index in [1.54, 1.807) is 24.4 Å². The lowest BCUT2D eigenvalue weighted by molar-refractivity contribution is 0.0916. The first-order chi connectivity index (χ1) is 18.6. The van der Waals surface area contributed by atoms with E-state index in [0.717, 1.165) is 30.3 Å². The Morgan fingerprint density at radius 3 is 2.87 bits per heavy atom. The summed E-state index contributed by atoms with van der Waals surface area (Å²) in [6.45, 7) is 0. The van der Waals surface area contributed by atoms with Crippen LogP contribution in [0.15, 0.2) is 61.2 Å². The Balaban J connectivity index is 1.41. The summed E-state index contributed by atoms with van der Waals surface area (Å²) in [5.41, 5.74) is 3.82. The molecule has 0 bridgehead atoms. The van der Waals surface area contributed by atoms with Gasteiger partial charge in [-0.25, -0.2) is 9.97 Å². The van der Waals surface area contributed by atoms with Gasteiger partial charge in [-0.1, -0.05) is 23.7 Å². The van der Waals surface area contributed by atoms with Gasteiger partial charge in [0, 0.05) is 28.9 Å². The van der Waals surface area contributed by atoms with E-state index in [0.29, 0.717) is 45.6 Å². The molecular weight excluding hydrogens is 502 g/mol. The number of fused-ring (bicyclic) bond motifs is 1. The van der Waals surface area contributed by atoms with E-state index in [4.69, 9.17) is 16.6 Å². The second kappa shape index (κ2) is 10.0. The summed E-state index contributed by atoms with van der Waals surface area (Å²) in [5, 5.41) is 20.2. The van der Waals surface area contributed by atoms with Crippen LogP contribution in [0.25, 0.3) is 33.9 Å². The molecule has 0 radical (unpaired) electrons.